The quantitative estimate of drug-likeness (QED) is 0.621. The fourth-order valence-electron chi connectivity index (χ4n) is 4.72. The third-order valence-corrected chi connectivity index (χ3v) is 6.35. The number of halogens is 1. The van der Waals surface area contributed by atoms with Crippen molar-refractivity contribution < 1.29 is 19.3 Å². The zero-order valence-electron chi connectivity index (χ0n) is 17.1. The molecule has 2 aliphatic rings. The van der Waals surface area contributed by atoms with Gasteiger partial charge in [0.1, 0.15) is 36.0 Å². The number of aliphatic hydroxyl groups excluding tert-OH is 2. The van der Waals surface area contributed by atoms with E-state index >= 15 is 0 Å². The lowest BCUT2D eigenvalue weighted by atomic mass is 9.99. The summed E-state index contributed by atoms with van der Waals surface area (Å²) in [5, 5.41) is 21.6. The van der Waals surface area contributed by atoms with Gasteiger partial charge in [0.2, 0.25) is 0 Å². The summed E-state index contributed by atoms with van der Waals surface area (Å²) >= 11 is 0. The van der Waals surface area contributed by atoms with Crippen LogP contribution < -0.4 is 4.74 Å². The second-order valence-electron chi connectivity index (χ2n) is 8.26. The number of aromatic nitrogens is 3. The van der Waals surface area contributed by atoms with Gasteiger partial charge in [-0.1, -0.05) is 12.1 Å². The summed E-state index contributed by atoms with van der Waals surface area (Å²) in [6.45, 7) is 5.18. The molecule has 2 aromatic heterocycles. The molecule has 31 heavy (non-hydrogen) atoms. The largest absolute Gasteiger partial charge is 0.487 e. The van der Waals surface area contributed by atoms with Crippen LogP contribution in [0.3, 0.4) is 0 Å². The highest BCUT2D eigenvalue weighted by Crippen LogP contribution is 2.39. The van der Waals surface area contributed by atoms with Crippen LogP contribution in [0, 0.1) is 5.82 Å². The SMILES string of the molecule is C=Nc1ncnc2c1c(F)cn2[C@@H]1C[C@H](Oc2cccc3c2CN(C)CC3)[C@@H](O)[C@H]1O. The number of ether oxygens (including phenoxy) is 1. The predicted molar refractivity (Wildman–Crippen MR) is 113 cm³/mol. The molecular weight excluding hydrogens is 401 g/mol. The Bertz CT molecular complexity index is 1150. The summed E-state index contributed by atoms with van der Waals surface area (Å²) < 4.78 is 22.4. The first-order chi connectivity index (χ1) is 15.0. The van der Waals surface area contributed by atoms with Crippen LogP contribution in [0.1, 0.15) is 23.6 Å². The number of benzene rings is 1. The fraction of sp³-hybridized carbons (Fsp3) is 0.409. The van der Waals surface area contributed by atoms with E-state index in [2.05, 4.69) is 39.7 Å². The monoisotopic (exact) mass is 425 g/mol. The highest BCUT2D eigenvalue weighted by molar-refractivity contribution is 5.87. The molecule has 0 spiro atoms. The highest BCUT2D eigenvalue weighted by atomic mass is 19.1. The summed E-state index contributed by atoms with van der Waals surface area (Å²) in [6.07, 6.45) is 0.871. The lowest BCUT2D eigenvalue weighted by Crippen LogP contribution is -2.35. The Morgan fingerprint density at radius 1 is 1.26 bits per heavy atom. The fourth-order valence-corrected chi connectivity index (χ4v) is 4.72. The van der Waals surface area contributed by atoms with Crippen molar-refractivity contribution in [1.82, 2.24) is 19.4 Å². The third kappa shape index (κ3) is 3.29. The molecule has 2 N–H and O–H groups in total. The molecule has 9 heteroatoms. The van der Waals surface area contributed by atoms with E-state index < -0.39 is 30.2 Å². The zero-order valence-corrected chi connectivity index (χ0v) is 17.1. The average Bonchev–Trinajstić information content (AvgIpc) is 3.25. The Hall–Kier alpha value is -2.88. The van der Waals surface area contributed by atoms with Gasteiger partial charge in [0.15, 0.2) is 11.6 Å². The van der Waals surface area contributed by atoms with Gasteiger partial charge >= 0.3 is 0 Å². The minimum atomic E-state index is -1.14. The van der Waals surface area contributed by atoms with Gasteiger partial charge in [-0.3, -0.25) is 0 Å². The van der Waals surface area contributed by atoms with Crippen LogP contribution in [0.5, 0.6) is 5.75 Å². The first kappa shape index (κ1) is 20.0. The van der Waals surface area contributed by atoms with Crippen molar-refractivity contribution in [2.75, 3.05) is 13.6 Å². The number of aliphatic hydroxyl groups is 2. The van der Waals surface area contributed by atoms with E-state index in [0.29, 0.717) is 17.8 Å². The molecule has 1 aromatic carbocycles. The van der Waals surface area contributed by atoms with Crippen LogP contribution in [-0.4, -0.2) is 68.3 Å². The van der Waals surface area contributed by atoms with Gasteiger partial charge in [-0.25, -0.2) is 19.4 Å². The number of likely N-dealkylation sites (N-methyl/N-ethyl adjacent to an activating group) is 1. The van der Waals surface area contributed by atoms with Crippen LogP contribution in [0.15, 0.2) is 35.7 Å². The minimum absolute atomic E-state index is 0.141. The maximum atomic E-state index is 14.6. The minimum Gasteiger partial charge on any atom is -0.487 e. The van der Waals surface area contributed by atoms with Crippen molar-refractivity contribution in [3.8, 4) is 5.75 Å². The normalized spacial score (nSPS) is 26.2. The molecule has 1 saturated carbocycles. The van der Waals surface area contributed by atoms with E-state index in [4.69, 9.17) is 4.74 Å². The number of hydrogen-bond acceptors (Lipinski definition) is 7. The van der Waals surface area contributed by atoms with Gasteiger partial charge in [0.25, 0.3) is 0 Å². The topological polar surface area (TPSA) is 96.0 Å². The molecule has 0 saturated heterocycles. The Morgan fingerprint density at radius 3 is 2.90 bits per heavy atom. The van der Waals surface area contributed by atoms with E-state index in [0.717, 1.165) is 25.1 Å². The highest BCUT2D eigenvalue weighted by Gasteiger charge is 2.45. The van der Waals surface area contributed by atoms with Gasteiger partial charge in [-0.2, -0.15) is 0 Å². The molecule has 5 rings (SSSR count). The molecule has 1 fully saturated rings. The van der Waals surface area contributed by atoms with Gasteiger partial charge < -0.3 is 24.4 Å². The second kappa shape index (κ2) is 7.67. The summed E-state index contributed by atoms with van der Waals surface area (Å²) in [7, 11) is 2.06. The van der Waals surface area contributed by atoms with E-state index in [9.17, 15) is 14.6 Å². The van der Waals surface area contributed by atoms with Gasteiger partial charge in [-0.05, 0) is 31.8 Å². The van der Waals surface area contributed by atoms with Crippen LogP contribution >= 0.6 is 0 Å². The summed E-state index contributed by atoms with van der Waals surface area (Å²) in [5.41, 5.74) is 2.64. The predicted octanol–water partition coefficient (Wildman–Crippen LogP) is 2.00. The molecule has 0 bridgehead atoms. The van der Waals surface area contributed by atoms with Crippen LogP contribution in [0.25, 0.3) is 11.0 Å². The lowest BCUT2D eigenvalue weighted by Gasteiger charge is -2.28. The molecule has 8 nitrogen and oxygen atoms in total. The van der Waals surface area contributed by atoms with Crippen molar-refractivity contribution in [3.63, 3.8) is 0 Å². The number of aliphatic imine (C=N–C) groups is 1. The smallest absolute Gasteiger partial charge is 0.167 e. The molecule has 0 amide bonds. The molecule has 4 atom stereocenters. The number of fused-ring (bicyclic) bond motifs is 2. The van der Waals surface area contributed by atoms with Crippen molar-refractivity contribution in [2.45, 2.75) is 43.7 Å². The maximum Gasteiger partial charge on any atom is 0.167 e. The molecule has 3 heterocycles. The molecule has 3 aromatic rings. The molecule has 1 aliphatic heterocycles. The second-order valence-corrected chi connectivity index (χ2v) is 8.26. The Morgan fingerprint density at radius 2 is 2.10 bits per heavy atom. The summed E-state index contributed by atoms with van der Waals surface area (Å²) in [4.78, 5) is 14.1. The molecule has 162 valence electrons. The lowest BCUT2D eigenvalue weighted by molar-refractivity contribution is -0.0168. The van der Waals surface area contributed by atoms with E-state index in [1.54, 1.807) is 0 Å². The number of hydrogen-bond donors (Lipinski definition) is 2. The Balaban J connectivity index is 1.46. The van der Waals surface area contributed by atoms with E-state index in [1.165, 1.54) is 22.7 Å². The summed E-state index contributed by atoms with van der Waals surface area (Å²) in [6, 6.07) is 5.33. The molecule has 1 aliphatic carbocycles. The molecule has 0 unspecified atom stereocenters. The Kier molecular flexibility index (Phi) is 4.96. The maximum absolute atomic E-state index is 14.6. The third-order valence-electron chi connectivity index (χ3n) is 6.35. The van der Waals surface area contributed by atoms with Crippen LogP contribution in [0.2, 0.25) is 0 Å². The number of rotatable bonds is 4. The van der Waals surface area contributed by atoms with Gasteiger partial charge in [0, 0.05) is 31.3 Å². The van der Waals surface area contributed by atoms with Crippen molar-refractivity contribution in [3.05, 3.63) is 47.7 Å². The standard InChI is InChI=1S/C22H24FN5O3/c1-24-21-18-14(23)10-28(22(18)26-11-25-21)15-8-17(20(30)19(15)29)31-16-5-3-4-12-6-7-27(2)9-13(12)16/h3-5,10-11,15,17,19-20,29-30H,1,6-9H2,2H3/t15-,17+,19+,20-/m1/s1. The van der Waals surface area contributed by atoms with Crippen molar-refractivity contribution >= 4 is 23.6 Å². The van der Waals surface area contributed by atoms with E-state index in [-0.39, 0.29) is 11.2 Å². The van der Waals surface area contributed by atoms with Crippen molar-refractivity contribution in [2.24, 2.45) is 4.99 Å². The number of nitrogens with zero attached hydrogens (tertiary/aromatic N) is 5. The molecular formula is C22H24FN5O3. The first-order valence-electron chi connectivity index (χ1n) is 10.3. The first-order valence-corrected chi connectivity index (χ1v) is 10.3. The van der Waals surface area contributed by atoms with Crippen molar-refractivity contribution in [1.29, 1.82) is 0 Å². The Labute approximate surface area is 178 Å². The van der Waals surface area contributed by atoms with Crippen LogP contribution in [0.4, 0.5) is 10.2 Å². The van der Waals surface area contributed by atoms with Gasteiger partial charge in [-0.15, -0.1) is 0 Å². The molecule has 0 radical (unpaired) electrons. The average molecular weight is 425 g/mol. The zero-order chi connectivity index (χ0) is 21.7. The summed E-state index contributed by atoms with van der Waals surface area (Å²) in [5.74, 6) is 0.302. The van der Waals surface area contributed by atoms with Gasteiger partial charge in [0.05, 0.1) is 11.4 Å². The van der Waals surface area contributed by atoms with Crippen LogP contribution in [-0.2, 0) is 13.0 Å². The van der Waals surface area contributed by atoms with E-state index in [1.807, 2.05) is 12.1 Å².